The molecular formula is C12H16N2. The Morgan fingerprint density at radius 2 is 2.00 bits per heavy atom. The van der Waals surface area contributed by atoms with Gasteiger partial charge < -0.3 is 4.57 Å². The highest BCUT2D eigenvalue weighted by Gasteiger charge is 2.18. The molecule has 0 aliphatic rings. The molecule has 0 aromatic carbocycles. The molecule has 0 unspecified atom stereocenters. The normalized spacial score (nSPS) is 12.3. The van der Waals surface area contributed by atoms with Crippen LogP contribution in [0, 0.1) is 0 Å². The Labute approximate surface area is 84.6 Å². The molecule has 0 fully saturated rings. The van der Waals surface area contributed by atoms with Crippen molar-refractivity contribution in [1.82, 2.24) is 9.55 Å². The Hall–Kier alpha value is -1.31. The van der Waals surface area contributed by atoms with Gasteiger partial charge in [0.1, 0.15) is 0 Å². The van der Waals surface area contributed by atoms with Crippen LogP contribution in [0.2, 0.25) is 0 Å². The fraction of sp³-hybridized carbons (Fsp3) is 0.417. The molecule has 2 heterocycles. The largest absolute Gasteiger partial charge is 0.346 e. The molecule has 0 radical (unpaired) electrons. The number of aromatic nitrogens is 2. The van der Waals surface area contributed by atoms with Crippen molar-refractivity contribution < 1.29 is 0 Å². The van der Waals surface area contributed by atoms with Gasteiger partial charge in [-0.3, -0.25) is 4.98 Å². The van der Waals surface area contributed by atoms with Crippen LogP contribution in [0.1, 0.15) is 26.5 Å². The summed E-state index contributed by atoms with van der Waals surface area (Å²) >= 11 is 0. The van der Waals surface area contributed by atoms with Crippen LogP contribution in [-0.2, 0) is 12.5 Å². The second kappa shape index (κ2) is 2.84. The maximum atomic E-state index is 4.15. The Morgan fingerprint density at radius 3 is 2.57 bits per heavy atom. The zero-order valence-electron chi connectivity index (χ0n) is 9.20. The van der Waals surface area contributed by atoms with Gasteiger partial charge in [-0.25, -0.2) is 0 Å². The third kappa shape index (κ3) is 1.31. The molecule has 2 aromatic heterocycles. The average molecular weight is 188 g/mol. The SMILES string of the molecule is Cn1c(C(C)(C)C)cc2ccncc21. The molecule has 2 nitrogen and oxygen atoms in total. The first kappa shape index (κ1) is 9.25. The minimum Gasteiger partial charge on any atom is -0.346 e. The minimum atomic E-state index is 0.188. The van der Waals surface area contributed by atoms with Crippen molar-refractivity contribution in [3.8, 4) is 0 Å². The summed E-state index contributed by atoms with van der Waals surface area (Å²) in [6.07, 6.45) is 3.76. The molecule has 0 atom stereocenters. The summed E-state index contributed by atoms with van der Waals surface area (Å²) in [5, 5.41) is 1.27. The highest BCUT2D eigenvalue weighted by molar-refractivity contribution is 5.80. The van der Waals surface area contributed by atoms with Gasteiger partial charge in [0.2, 0.25) is 0 Å². The van der Waals surface area contributed by atoms with Gasteiger partial charge in [0.25, 0.3) is 0 Å². The molecule has 2 rings (SSSR count). The average Bonchev–Trinajstić information content (AvgIpc) is 2.44. The molecule has 0 bridgehead atoms. The molecule has 0 N–H and O–H groups in total. The Bertz CT molecular complexity index is 461. The molecule has 2 heteroatoms. The van der Waals surface area contributed by atoms with E-state index in [1.54, 1.807) is 0 Å². The van der Waals surface area contributed by atoms with E-state index in [0.29, 0.717) is 0 Å². The van der Waals surface area contributed by atoms with E-state index in [9.17, 15) is 0 Å². The second-order valence-corrected chi connectivity index (χ2v) is 4.77. The summed E-state index contributed by atoms with van der Waals surface area (Å²) < 4.78 is 2.22. The van der Waals surface area contributed by atoms with Crippen molar-refractivity contribution in [3.63, 3.8) is 0 Å². The molecule has 0 saturated carbocycles. The molecule has 2 aromatic rings. The van der Waals surface area contributed by atoms with Crippen LogP contribution in [0.15, 0.2) is 24.5 Å². The molecule has 0 aliphatic carbocycles. The van der Waals surface area contributed by atoms with Gasteiger partial charge in [-0.15, -0.1) is 0 Å². The van der Waals surface area contributed by atoms with Crippen LogP contribution in [0.5, 0.6) is 0 Å². The third-order valence-corrected chi connectivity index (χ3v) is 2.62. The maximum Gasteiger partial charge on any atom is 0.0666 e. The molecule has 74 valence electrons. The summed E-state index contributed by atoms with van der Waals surface area (Å²) in [7, 11) is 2.10. The highest BCUT2D eigenvalue weighted by atomic mass is 15.0. The van der Waals surface area contributed by atoms with E-state index in [-0.39, 0.29) is 5.41 Å². The topological polar surface area (TPSA) is 17.8 Å². The monoisotopic (exact) mass is 188 g/mol. The number of rotatable bonds is 0. The van der Waals surface area contributed by atoms with Gasteiger partial charge >= 0.3 is 0 Å². The van der Waals surface area contributed by atoms with Crippen molar-refractivity contribution in [2.45, 2.75) is 26.2 Å². The van der Waals surface area contributed by atoms with E-state index in [2.05, 4.69) is 49.5 Å². The van der Waals surface area contributed by atoms with Crippen LogP contribution >= 0.6 is 0 Å². The Kier molecular flexibility index (Phi) is 1.88. The standard InChI is InChI=1S/C12H16N2/c1-12(2,3)11-7-9-5-6-13-8-10(9)14(11)4/h5-8H,1-4H3. The van der Waals surface area contributed by atoms with Crippen molar-refractivity contribution >= 4 is 10.9 Å². The summed E-state index contributed by atoms with van der Waals surface area (Å²) in [6.45, 7) is 6.69. The molecular weight excluding hydrogens is 172 g/mol. The summed E-state index contributed by atoms with van der Waals surface area (Å²) in [5.41, 5.74) is 2.74. The van der Waals surface area contributed by atoms with Crippen LogP contribution < -0.4 is 0 Å². The maximum absolute atomic E-state index is 4.15. The van der Waals surface area contributed by atoms with E-state index in [1.807, 2.05) is 12.4 Å². The fourth-order valence-electron chi connectivity index (χ4n) is 1.89. The number of fused-ring (bicyclic) bond motifs is 1. The number of hydrogen-bond donors (Lipinski definition) is 0. The number of hydrogen-bond acceptors (Lipinski definition) is 1. The van der Waals surface area contributed by atoms with Crippen molar-refractivity contribution in [1.29, 1.82) is 0 Å². The summed E-state index contributed by atoms with van der Waals surface area (Å²) in [5.74, 6) is 0. The second-order valence-electron chi connectivity index (χ2n) is 4.77. The summed E-state index contributed by atoms with van der Waals surface area (Å²) in [4.78, 5) is 4.15. The predicted molar refractivity (Wildman–Crippen MR) is 59.4 cm³/mol. The van der Waals surface area contributed by atoms with Crippen LogP contribution in [0.3, 0.4) is 0 Å². The zero-order chi connectivity index (χ0) is 10.3. The van der Waals surface area contributed by atoms with Crippen LogP contribution in [0.25, 0.3) is 10.9 Å². The minimum absolute atomic E-state index is 0.188. The van der Waals surface area contributed by atoms with E-state index >= 15 is 0 Å². The van der Waals surface area contributed by atoms with E-state index < -0.39 is 0 Å². The van der Waals surface area contributed by atoms with E-state index in [0.717, 1.165) is 0 Å². The molecule has 0 spiro atoms. The van der Waals surface area contributed by atoms with E-state index in [1.165, 1.54) is 16.6 Å². The van der Waals surface area contributed by atoms with Crippen molar-refractivity contribution in [2.24, 2.45) is 7.05 Å². The van der Waals surface area contributed by atoms with Gasteiger partial charge in [-0.05, 0) is 12.1 Å². The zero-order valence-corrected chi connectivity index (χ0v) is 9.20. The molecule has 14 heavy (non-hydrogen) atoms. The number of nitrogens with zero attached hydrogens (tertiary/aromatic N) is 2. The van der Waals surface area contributed by atoms with Gasteiger partial charge in [0, 0.05) is 29.7 Å². The van der Waals surface area contributed by atoms with Gasteiger partial charge in [0.05, 0.1) is 11.7 Å². The first-order valence-electron chi connectivity index (χ1n) is 4.90. The highest BCUT2D eigenvalue weighted by Crippen LogP contribution is 2.27. The van der Waals surface area contributed by atoms with Gasteiger partial charge in [-0.1, -0.05) is 20.8 Å². The van der Waals surface area contributed by atoms with Crippen LogP contribution in [0.4, 0.5) is 0 Å². The van der Waals surface area contributed by atoms with E-state index in [4.69, 9.17) is 0 Å². The first-order valence-corrected chi connectivity index (χ1v) is 4.90. The number of pyridine rings is 1. The lowest BCUT2D eigenvalue weighted by atomic mass is 9.92. The quantitative estimate of drug-likeness (QED) is 0.621. The molecule has 0 aliphatic heterocycles. The predicted octanol–water partition coefficient (Wildman–Crippen LogP) is 2.87. The van der Waals surface area contributed by atoms with Crippen LogP contribution in [-0.4, -0.2) is 9.55 Å². The Balaban J connectivity index is 2.75. The first-order chi connectivity index (χ1) is 6.50. The summed E-state index contributed by atoms with van der Waals surface area (Å²) in [6, 6.07) is 4.31. The Morgan fingerprint density at radius 1 is 1.29 bits per heavy atom. The lowest BCUT2D eigenvalue weighted by molar-refractivity contribution is 0.547. The number of aryl methyl sites for hydroxylation is 1. The smallest absolute Gasteiger partial charge is 0.0666 e. The fourth-order valence-corrected chi connectivity index (χ4v) is 1.89. The van der Waals surface area contributed by atoms with Crippen molar-refractivity contribution in [2.75, 3.05) is 0 Å². The third-order valence-electron chi connectivity index (χ3n) is 2.62. The molecule has 0 saturated heterocycles. The van der Waals surface area contributed by atoms with Gasteiger partial charge in [0.15, 0.2) is 0 Å². The van der Waals surface area contributed by atoms with Gasteiger partial charge in [-0.2, -0.15) is 0 Å². The lowest BCUT2D eigenvalue weighted by Gasteiger charge is -2.19. The van der Waals surface area contributed by atoms with Crippen molar-refractivity contribution in [3.05, 3.63) is 30.2 Å². The lowest BCUT2D eigenvalue weighted by Crippen LogP contribution is -2.15. The molecule has 0 amide bonds.